The van der Waals surface area contributed by atoms with Crippen LogP contribution >= 0.6 is 15.9 Å². The Morgan fingerprint density at radius 2 is 1.95 bits per heavy atom. The molecule has 0 saturated carbocycles. The van der Waals surface area contributed by atoms with Gasteiger partial charge in [-0.2, -0.15) is 0 Å². The fraction of sp³-hybridized carbons (Fsp3) is 0. The summed E-state index contributed by atoms with van der Waals surface area (Å²) in [4.78, 5) is 10.8. The number of halogens is 2. The summed E-state index contributed by atoms with van der Waals surface area (Å²) in [5, 5.41) is 11.7. The summed E-state index contributed by atoms with van der Waals surface area (Å²) in [6, 6.07) is 9.42. The Balaban J connectivity index is 2.39. The van der Waals surface area contributed by atoms with Gasteiger partial charge in [-0.15, -0.1) is 0 Å². The summed E-state index contributed by atoms with van der Waals surface area (Å²) in [5.74, 6) is -2.19. The zero-order valence-electron chi connectivity index (χ0n) is 9.65. The number of nitrogens with two attached hydrogens (primary N) is 1. The van der Waals surface area contributed by atoms with Crippen LogP contribution in [0.25, 0.3) is 0 Å². The first kappa shape index (κ1) is 13.4. The second-order valence-corrected chi connectivity index (χ2v) is 4.68. The smallest absolute Gasteiger partial charge is 0.338 e. The van der Waals surface area contributed by atoms with Gasteiger partial charge < -0.3 is 16.2 Å². The molecule has 6 heteroatoms. The van der Waals surface area contributed by atoms with E-state index in [4.69, 9.17) is 10.8 Å². The standard InChI is InChI=1S/C13H10BrFN2O2/c14-8-3-1-2-4-11(8)17-12-6-9(15)7(13(18)19)5-10(12)16/h1-6,17H,16H2,(H,18,19). The lowest BCUT2D eigenvalue weighted by molar-refractivity contribution is 0.0692. The number of nitrogens with one attached hydrogen (secondary N) is 1. The molecule has 0 aliphatic heterocycles. The van der Waals surface area contributed by atoms with E-state index in [1.807, 2.05) is 18.2 Å². The highest BCUT2D eigenvalue weighted by molar-refractivity contribution is 9.10. The average Bonchev–Trinajstić information content (AvgIpc) is 2.35. The van der Waals surface area contributed by atoms with Crippen molar-refractivity contribution in [1.29, 1.82) is 0 Å². The molecule has 0 aliphatic carbocycles. The highest BCUT2D eigenvalue weighted by Crippen LogP contribution is 2.30. The minimum atomic E-state index is -1.35. The molecule has 2 rings (SSSR count). The second-order valence-electron chi connectivity index (χ2n) is 3.83. The van der Waals surface area contributed by atoms with Gasteiger partial charge in [0, 0.05) is 10.5 Å². The van der Waals surface area contributed by atoms with Crippen molar-refractivity contribution in [2.75, 3.05) is 11.1 Å². The Bertz CT molecular complexity index is 647. The van der Waals surface area contributed by atoms with Gasteiger partial charge in [0.15, 0.2) is 0 Å². The average molecular weight is 325 g/mol. The molecule has 4 nitrogen and oxygen atoms in total. The van der Waals surface area contributed by atoms with Gasteiger partial charge in [-0.05, 0) is 34.1 Å². The summed E-state index contributed by atoms with van der Waals surface area (Å²) >= 11 is 3.34. The number of carboxylic acid groups (broad SMARTS) is 1. The normalized spacial score (nSPS) is 10.2. The summed E-state index contributed by atoms with van der Waals surface area (Å²) in [6.07, 6.45) is 0. The highest BCUT2D eigenvalue weighted by atomic mass is 79.9. The Morgan fingerprint density at radius 1 is 1.26 bits per heavy atom. The minimum Gasteiger partial charge on any atom is -0.478 e. The van der Waals surface area contributed by atoms with E-state index in [0.717, 1.165) is 16.6 Å². The molecule has 19 heavy (non-hydrogen) atoms. The van der Waals surface area contributed by atoms with Crippen molar-refractivity contribution in [1.82, 2.24) is 0 Å². The second kappa shape index (κ2) is 5.27. The molecule has 4 N–H and O–H groups in total. The number of aromatic carboxylic acids is 1. The van der Waals surface area contributed by atoms with E-state index in [-0.39, 0.29) is 5.69 Å². The molecule has 2 aromatic rings. The van der Waals surface area contributed by atoms with Crippen LogP contribution in [-0.4, -0.2) is 11.1 Å². The van der Waals surface area contributed by atoms with Gasteiger partial charge in [0.25, 0.3) is 0 Å². The van der Waals surface area contributed by atoms with Gasteiger partial charge in [0.1, 0.15) is 5.82 Å². The van der Waals surface area contributed by atoms with Crippen molar-refractivity contribution in [3.05, 3.63) is 52.3 Å². The maximum absolute atomic E-state index is 13.6. The molecule has 0 radical (unpaired) electrons. The molecule has 0 spiro atoms. The molecular weight excluding hydrogens is 315 g/mol. The molecule has 0 bridgehead atoms. The first-order valence-corrected chi connectivity index (χ1v) is 6.12. The molecule has 98 valence electrons. The summed E-state index contributed by atoms with van der Waals surface area (Å²) in [6.45, 7) is 0. The Morgan fingerprint density at radius 3 is 2.58 bits per heavy atom. The van der Waals surface area contributed by atoms with Crippen molar-refractivity contribution in [3.8, 4) is 0 Å². The van der Waals surface area contributed by atoms with Gasteiger partial charge in [-0.1, -0.05) is 12.1 Å². The van der Waals surface area contributed by atoms with Crippen LogP contribution in [-0.2, 0) is 0 Å². The summed E-state index contributed by atoms with van der Waals surface area (Å²) in [7, 11) is 0. The fourth-order valence-electron chi connectivity index (χ4n) is 1.57. The van der Waals surface area contributed by atoms with E-state index in [2.05, 4.69) is 21.2 Å². The lowest BCUT2D eigenvalue weighted by atomic mass is 10.1. The number of para-hydroxylation sites is 1. The lowest BCUT2D eigenvalue weighted by Crippen LogP contribution is -2.05. The zero-order chi connectivity index (χ0) is 14.0. The number of carbonyl (C=O) groups is 1. The first-order valence-electron chi connectivity index (χ1n) is 5.33. The molecule has 0 fully saturated rings. The molecule has 2 aromatic carbocycles. The molecule has 0 amide bonds. The Kier molecular flexibility index (Phi) is 3.71. The van der Waals surface area contributed by atoms with Gasteiger partial charge in [-0.3, -0.25) is 0 Å². The van der Waals surface area contributed by atoms with Crippen molar-refractivity contribution >= 4 is 39.0 Å². The first-order chi connectivity index (χ1) is 8.99. The number of hydrogen-bond donors (Lipinski definition) is 3. The number of benzene rings is 2. The van der Waals surface area contributed by atoms with Crippen molar-refractivity contribution < 1.29 is 14.3 Å². The van der Waals surface area contributed by atoms with E-state index in [1.54, 1.807) is 6.07 Å². The van der Waals surface area contributed by atoms with Crippen LogP contribution in [0.1, 0.15) is 10.4 Å². The van der Waals surface area contributed by atoms with Crippen LogP contribution in [0, 0.1) is 5.82 Å². The third-order valence-corrected chi connectivity index (χ3v) is 3.20. The maximum atomic E-state index is 13.6. The quantitative estimate of drug-likeness (QED) is 0.754. The zero-order valence-corrected chi connectivity index (χ0v) is 11.2. The summed E-state index contributed by atoms with van der Waals surface area (Å²) in [5.41, 5.74) is 6.45. The molecule has 0 aliphatic rings. The summed E-state index contributed by atoms with van der Waals surface area (Å²) < 4.78 is 14.4. The number of hydrogen-bond acceptors (Lipinski definition) is 3. The molecule has 0 aromatic heterocycles. The predicted molar refractivity (Wildman–Crippen MR) is 75.2 cm³/mol. The van der Waals surface area contributed by atoms with Crippen molar-refractivity contribution in [2.24, 2.45) is 0 Å². The number of carboxylic acids is 1. The molecule has 0 atom stereocenters. The lowest BCUT2D eigenvalue weighted by Gasteiger charge is -2.12. The van der Waals surface area contributed by atoms with Crippen LogP contribution in [0.2, 0.25) is 0 Å². The van der Waals surface area contributed by atoms with E-state index < -0.39 is 17.3 Å². The maximum Gasteiger partial charge on any atom is 0.338 e. The highest BCUT2D eigenvalue weighted by Gasteiger charge is 2.14. The van der Waals surface area contributed by atoms with Crippen LogP contribution in [0.3, 0.4) is 0 Å². The van der Waals surface area contributed by atoms with Gasteiger partial charge in [0.05, 0.1) is 22.6 Å². The number of rotatable bonds is 3. The third-order valence-electron chi connectivity index (χ3n) is 2.51. The SMILES string of the molecule is Nc1cc(C(=O)O)c(F)cc1Nc1ccccc1Br. The van der Waals surface area contributed by atoms with Crippen LogP contribution < -0.4 is 11.1 Å². The van der Waals surface area contributed by atoms with Crippen LogP contribution in [0.4, 0.5) is 21.5 Å². The van der Waals surface area contributed by atoms with Gasteiger partial charge >= 0.3 is 5.97 Å². The predicted octanol–water partition coefficient (Wildman–Crippen LogP) is 3.61. The van der Waals surface area contributed by atoms with E-state index >= 15 is 0 Å². The Hall–Kier alpha value is -2.08. The third kappa shape index (κ3) is 2.85. The molecular formula is C13H10BrFN2O2. The monoisotopic (exact) mass is 324 g/mol. The number of anilines is 3. The van der Waals surface area contributed by atoms with Crippen LogP contribution in [0.15, 0.2) is 40.9 Å². The van der Waals surface area contributed by atoms with E-state index in [9.17, 15) is 9.18 Å². The van der Waals surface area contributed by atoms with Crippen molar-refractivity contribution in [3.63, 3.8) is 0 Å². The van der Waals surface area contributed by atoms with Gasteiger partial charge in [0.2, 0.25) is 0 Å². The molecule has 0 unspecified atom stereocenters. The largest absolute Gasteiger partial charge is 0.478 e. The van der Waals surface area contributed by atoms with Crippen molar-refractivity contribution in [2.45, 2.75) is 0 Å². The van der Waals surface area contributed by atoms with Crippen LogP contribution in [0.5, 0.6) is 0 Å². The Labute approximate surface area is 117 Å². The molecule has 0 heterocycles. The minimum absolute atomic E-state index is 0.162. The van der Waals surface area contributed by atoms with E-state index in [1.165, 1.54) is 0 Å². The topological polar surface area (TPSA) is 75.4 Å². The molecule has 0 saturated heterocycles. The number of nitrogen functional groups attached to an aromatic ring is 1. The van der Waals surface area contributed by atoms with Gasteiger partial charge in [-0.25, -0.2) is 9.18 Å². The van der Waals surface area contributed by atoms with E-state index in [0.29, 0.717) is 11.4 Å². The fourth-order valence-corrected chi connectivity index (χ4v) is 1.95.